The molecule has 4 heteroatoms. The maximum absolute atomic E-state index is 11.3. The molecule has 0 amide bonds. The van der Waals surface area contributed by atoms with Crippen LogP contribution in [0, 0.1) is 20.8 Å². The lowest BCUT2D eigenvalue weighted by Crippen LogP contribution is -2.00. The first kappa shape index (κ1) is 13.4. The van der Waals surface area contributed by atoms with E-state index in [2.05, 4.69) is 31.0 Å². The third-order valence-corrected chi connectivity index (χ3v) is 3.68. The molecule has 0 atom stereocenters. The molecule has 3 aromatic rings. The lowest BCUT2D eigenvalue weighted by molar-refractivity contribution is 0.0699. The molecule has 0 radical (unpaired) electrons. The van der Waals surface area contributed by atoms with Gasteiger partial charge in [-0.05, 0) is 44.5 Å². The standard InChI is InChI=1S/C17H16N2O2/c1-10-7-8-14(11(2)9-10)19-12(3)18-16-13(17(20)21)5-4-6-15(16)19/h4-9H,1-3H3,(H,20,21). The van der Waals surface area contributed by atoms with Crippen molar-refractivity contribution >= 4 is 17.0 Å². The third kappa shape index (κ3) is 2.09. The Kier molecular flexibility index (Phi) is 3.01. The van der Waals surface area contributed by atoms with Gasteiger partial charge in [0.2, 0.25) is 0 Å². The summed E-state index contributed by atoms with van der Waals surface area (Å²) in [4.78, 5) is 15.8. The monoisotopic (exact) mass is 280 g/mol. The number of aromatic nitrogens is 2. The van der Waals surface area contributed by atoms with Crippen LogP contribution in [0.3, 0.4) is 0 Å². The van der Waals surface area contributed by atoms with Gasteiger partial charge >= 0.3 is 5.97 Å². The SMILES string of the molecule is Cc1ccc(-n2c(C)nc3c(C(=O)O)cccc32)c(C)c1. The summed E-state index contributed by atoms with van der Waals surface area (Å²) in [7, 11) is 0. The number of para-hydroxylation sites is 1. The number of fused-ring (bicyclic) bond motifs is 1. The summed E-state index contributed by atoms with van der Waals surface area (Å²) >= 11 is 0. The van der Waals surface area contributed by atoms with Gasteiger partial charge in [0.25, 0.3) is 0 Å². The molecule has 0 aliphatic heterocycles. The van der Waals surface area contributed by atoms with Gasteiger partial charge in [-0.25, -0.2) is 9.78 Å². The topological polar surface area (TPSA) is 55.1 Å². The highest BCUT2D eigenvalue weighted by molar-refractivity contribution is 6.01. The summed E-state index contributed by atoms with van der Waals surface area (Å²) in [6, 6.07) is 11.5. The highest BCUT2D eigenvalue weighted by atomic mass is 16.4. The van der Waals surface area contributed by atoms with Crippen molar-refractivity contribution < 1.29 is 9.90 Å². The fourth-order valence-electron chi connectivity index (χ4n) is 2.75. The van der Waals surface area contributed by atoms with Crippen LogP contribution >= 0.6 is 0 Å². The number of hydrogen-bond donors (Lipinski definition) is 1. The molecule has 0 saturated carbocycles. The van der Waals surface area contributed by atoms with E-state index < -0.39 is 5.97 Å². The molecule has 0 fully saturated rings. The molecule has 0 aliphatic rings. The Labute approximate surface area is 122 Å². The number of carbonyl (C=O) groups is 1. The zero-order chi connectivity index (χ0) is 15.1. The van der Waals surface area contributed by atoms with E-state index in [1.54, 1.807) is 12.1 Å². The molecular formula is C17H16N2O2. The van der Waals surface area contributed by atoms with Crippen molar-refractivity contribution in [1.82, 2.24) is 9.55 Å². The van der Waals surface area contributed by atoms with Crippen LogP contribution in [0.15, 0.2) is 36.4 Å². The fraction of sp³-hybridized carbons (Fsp3) is 0.176. The fourth-order valence-corrected chi connectivity index (χ4v) is 2.75. The Morgan fingerprint density at radius 1 is 1.14 bits per heavy atom. The van der Waals surface area contributed by atoms with Crippen LogP contribution in [0.25, 0.3) is 16.7 Å². The Morgan fingerprint density at radius 2 is 1.90 bits per heavy atom. The molecule has 4 nitrogen and oxygen atoms in total. The Balaban J connectivity index is 2.36. The quantitative estimate of drug-likeness (QED) is 0.779. The summed E-state index contributed by atoms with van der Waals surface area (Å²) in [5.74, 6) is -0.170. The van der Waals surface area contributed by atoms with E-state index in [1.807, 2.05) is 23.6 Å². The van der Waals surface area contributed by atoms with Crippen molar-refractivity contribution in [3.63, 3.8) is 0 Å². The number of nitrogens with zero attached hydrogens (tertiary/aromatic N) is 2. The predicted octanol–water partition coefficient (Wildman–Crippen LogP) is 3.65. The largest absolute Gasteiger partial charge is 0.478 e. The molecule has 1 N–H and O–H groups in total. The average molecular weight is 280 g/mol. The first-order chi connectivity index (χ1) is 9.99. The van der Waals surface area contributed by atoms with Gasteiger partial charge in [0.1, 0.15) is 11.3 Å². The second-order valence-corrected chi connectivity index (χ2v) is 5.26. The van der Waals surface area contributed by atoms with Crippen molar-refractivity contribution in [3.8, 4) is 5.69 Å². The van der Waals surface area contributed by atoms with Crippen LogP contribution < -0.4 is 0 Å². The molecule has 21 heavy (non-hydrogen) atoms. The number of rotatable bonds is 2. The number of benzene rings is 2. The predicted molar refractivity (Wildman–Crippen MR) is 82.2 cm³/mol. The zero-order valence-electron chi connectivity index (χ0n) is 12.2. The highest BCUT2D eigenvalue weighted by Gasteiger charge is 2.16. The molecule has 1 aromatic heterocycles. The zero-order valence-corrected chi connectivity index (χ0v) is 12.2. The maximum Gasteiger partial charge on any atom is 0.337 e. The number of imidazole rings is 1. The number of aromatic carboxylic acids is 1. The van der Waals surface area contributed by atoms with Crippen LogP contribution in [-0.2, 0) is 0 Å². The molecule has 0 bridgehead atoms. The molecule has 0 aliphatic carbocycles. The van der Waals surface area contributed by atoms with Gasteiger partial charge in [-0.3, -0.25) is 4.57 Å². The molecule has 3 rings (SSSR count). The van der Waals surface area contributed by atoms with Gasteiger partial charge in [-0.15, -0.1) is 0 Å². The molecule has 2 aromatic carbocycles. The van der Waals surface area contributed by atoms with Gasteiger partial charge < -0.3 is 5.11 Å². The molecule has 1 heterocycles. The minimum absolute atomic E-state index is 0.235. The number of carboxylic acid groups (broad SMARTS) is 1. The van der Waals surface area contributed by atoms with E-state index in [4.69, 9.17) is 0 Å². The summed E-state index contributed by atoms with van der Waals surface area (Å²) in [5.41, 5.74) is 4.95. The van der Waals surface area contributed by atoms with Crippen molar-refractivity contribution in [1.29, 1.82) is 0 Å². The van der Waals surface area contributed by atoms with Gasteiger partial charge in [0, 0.05) is 0 Å². The molecular weight excluding hydrogens is 264 g/mol. The lowest BCUT2D eigenvalue weighted by Gasteiger charge is -2.11. The lowest BCUT2D eigenvalue weighted by atomic mass is 10.1. The Bertz CT molecular complexity index is 863. The second kappa shape index (κ2) is 4.74. The van der Waals surface area contributed by atoms with Crippen LogP contribution in [0.4, 0.5) is 0 Å². The molecule has 0 unspecified atom stereocenters. The first-order valence-corrected chi connectivity index (χ1v) is 6.78. The van der Waals surface area contributed by atoms with Crippen molar-refractivity contribution in [2.45, 2.75) is 20.8 Å². The van der Waals surface area contributed by atoms with Gasteiger partial charge in [0.15, 0.2) is 0 Å². The minimum atomic E-state index is -0.953. The van der Waals surface area contributed by atoms with Crippen molar-refractivity contribution in [3.05, 3.63) is 58.9 Å². The van der Waals surface area contributed by atoms with Gasteiger partial charge in [-0.1, -0.05) is 23.8 Å². The third-order valence-electron chi connectivity index (χ3n) is 3.68. The first-order valence-electron chi connectivity index (χ1n) is 6.78. The van der Waals surface area contributed by atoms with Crippen molar-refractivity contribution in [2.75, 3.05) is 0 Å². The van der Waals surface area contributed by atoms with E-state index in [0.29, 0.717) is 5.52 Å². The Hall–Kier alpha value is -2.62. The second-order valence-electron chi connectivity index (χ2n) is 5.26. The summed E-state index contributed by atoms with van der Waals surface area (Å²) < 4.78 is 2.01. The normalized spacial score (nSPS) is 11.0. The molecule has 0 spiro atoms. The van der Waals surface area contributed by atoms with E-state index in [0.717, 1.165) is 22.6 Å². The van der Waals surface area contributed by atoms with E-state index in [1.165, 1.54) is 5.56 Å². The van der Waals surface area contributed by atoms with Crippen molar-refractivity contribution in [2.24, 2.45) is 0 Å². The average Bonchev–Trinajstić information content (AvgIpc) is 2.74. The van der Waals surface area contributed by atoms with Gasteiger partial charge in [0.05, 0.1) is 16.8 Å². The summed E-state index contributed by atoms with van der Waals surface area (Å²) in [6.07, 6.45) is 0. The van der Waals surface area contributed by atoms with E-state index in [-0.39, 0.29) is 5.56 Å². The van der Waals surface area contributed by atoms with Crippen LogP contribution in [0.5, 0.6) is 0 Å². The number of hydrogen-bond acceptors (Lipinski definition) is 2. The highest BCUT2D eigenvalue weighted by Crippen LogP contribution is 2.26. The van der Waals surface area contributed by atoms with Gasteiger partial charge in [-0.2, -0.15) is 0 Å². The smallest absolute Gasteiger partial charge is 0.337 e. The maximum atomic E-state index is 11.3. The van der Waals surface area contributed by atoms with Crippen LogP contribution in [0.2, 0.25) is 0 Å². The summed E-state index contributed by atoms with van der Waals surface area (Å²) in [5, 5.41) is 9.30. The summed E-state index contributed by atoms with van der Waals surface area (Å²) in [6.45, 7) is 6.00. The van der Waals surface area contributed by atoms with E-state index in [9.17, 15) is 9.90 Å². The molecule has 106 valence electrons. The number of carboxylic acids is 1. The van der Waals surface area contributed by atoms with Crippen LogP contribution in [0.1, 0.15) is 27.3 Å². The number of aryl methyl sites for hydroxylation is 3. The van der Waals surface area contributed by atoms with E-state index >= 15 is 0 Å². The Morgan fingerprint density at radius 3 is 2.57 bits per heavy atom. The molecule has 0 saturated heterocycles. The minimum Gasteiger partial charge on any atom is -0.478 e. The van der Waals surface area contributed by atoms with Crippen LogP contribution in [-0.4, -0.2) is 20.6 Å².